The Bertz CT molecular complexity index is 1250. The molecule has 6 nitrogen and oxygen atoms in total. The van der Waals surface area contributed by atoms with Gasteiger partial charge in [-0.05, 0) is 60.2 Å². The van der Waals surface area contributed by atoms with E-state index >= 15 is 0 Å². The highest BCUT2D eigenvalue weighted by Gasteiger charge is 2.44. The molecule has 2 aromatic rings. The lowest BCUT2D eigenvalue weighted by molar-refractivity contribution is -0.186. The van der Waals surface area contributed by atoms with E-state index in [2.05, 4.69) is 11.1 Å². The minimum Gasteiger partial charge on any atom is -0.330 e. The predicted octanol–water partition coefficient (Wildman–Crippen LogP) is 3.28. The summed E-state index contributed by atoms with van der Waals surface area (Å²) in [6, 6.07) is 8.43. The molecule has 0 saturated carbocycles. The zero-order valence-electron chi connectivity index (χ0n) is 17.7. The van der Waals surface area contributed by atoms with Crippen molar-refractivity contribution in [3.05, 3.63) is 65.0 Å². The maximum Gasteiger partial charge on any atom is 0.471 e. The van der Waals surface area contributed by atoms with Crippen LogP contribution < -0.4 is 0 Å². The molecule has 0 unspecified atom stereocenters. The van der Waals surface area contributed by atoms with Gasteiger partial charge in [0, 0.05) is 37.8 Å². The number of benzene rings is 1. The molecule has 1 aliphatic carbocycles. The molecular formula is C23H22F3N3O3S. The van der Waals surface area contributed by atoms with Crippen molar-refractivity contribution in [1.29, 1.82) is 0 Å². The van der Waals surface area contributed by atoms with E-state index in [4.69, 9.17) is 0 Å². The summed E-state index contributed by atoms with van der Waals surface area (Å²) in [6.45, 7) is 0.457. The third kappa shape index (κ3) is 3.74. The minimum absolute atomic E-state index is 0.0964. The van der Waals surface area contributed by atoms with Crippen molar-refractivity contribution >= 4 is 22.0 Å². The van der Waals surface area contributed by atoms with Crippen molar-refractivity contribution in [2.45, 2.75) is 42.3 Å². The minimum atomic E-state index is -4.92. The van der Waals surface area contributed by atoms with E-state index < -0.39 is 22.1 Å². The molecule has 1 fully saturated rings. The lowest BCUT2D eigenvalue weighted by Gasteiger charge is -2.38. The number of rotatable bonds is 2. The molecule has 0 bridgehead atoms. The first-order valence-corrected chi connectivity index (χ1v) is 12.2. The van der Waals surface area contributed by atoms with Gasteiger partial charge in [-0.2, -0.15) is 17.5 Å². The Kier molecular flexibility index (Phi) is 5.13. The second-order valence-corrected chi connectivity index (χ2v) is 10.7. The summed E-state index contributed by atoms with van der Waals surface area (Å²) in [5, 5.41) is 0. The molecule has 5 rings (SSSR count). The van der Waals surface area contributed by atoms with E-state index in [0.29, 0.717) is 37.1 Å². The van der Waals surface area contributed by atoms with Gasteiger partial charge in [-0.3, -0.25) is 9.78 Å². The van der Waals surface area contributed by atoms with E-state index in [0.717, 1.165) is 16.2 Å². The number of allylic oxidation sites excluding steroid dienone is 1. The Balaban J connectivity index is 1.32. The second kappa shape index (κ2) is 7.66. The second-order valence-electron chi connectivity index (χ2n) is 8.73. The van der Waals surface area contributed by atoms with Gasteiger partial charge in [-0.25, -0.2) is 8.42 Å². The van der Waals surface area contributed by atoms with Crippen LogP contribution in [-0.4, -0.2) is 54.3 Å². The number of hydrogen-bond donors (Lipinski definition) is 0. The van der Waals surface area contributed by atoms with Crippen LogP contribution in [0.1, 0.15) is 35.2 Å². The summed E-state index contributed by atoms with van der Waals surface area (Å²) in [6.07, 6.45) is 2.44. The van der Waals surface area contributed by atoms with E-state index in [-0.39, 0.29) is 29.8 Å². The van der Waals surface area contributed by atoms with Gasteiger partial charge < -0.3 is 4.90 Å². The van der Waals surface area contributed by atoms with Gasteiger partial charge >= 0.3 is 12.1 Å². The number of alkyl halides is 3. The van der Waals surface area contributed by atoms with Crippen LogP contribution in [0.2, 0.25) is 0 Å². The summed E-state index contributed by atoms with van der Waals surface area (Å²) in [5.41, 5.74) is 3.07. The number of hydrogen-bond acceptors (Lipinski definition) is 4. The lowest BCUT2D eigenvalue weighted by Crippen LogP contribution is -2.44. The van der Waals surface area contributed by atoms with Gasteiger partial charge in [0.1, 0.15) is 0 Å². The maximum atomic E-state index is 13.3. The summed E-state index contributed by atoms with van der Waals surface area (Å²) in [5.74, 6) is -1.87. The van der Waals surface area contributed by atoms with Gasteiger partial charge in [0.05, 0.1) is 10.6 Å². The molecule has 33 heavy (non-hydrogen) atoms. The van der Waals surface area contributed by atoms with Gasteiger partial charge in [-0.15, -0.1) is 0 Å². The van der Waals surface area contributed by atoms with Gasteiger partial charge in [-0.1, -0.05) is 18.2 Å². The molecule has 174 valence electrons. The first-order chi connectivity index (χ1) is 15.6. The average Bonchev–Trinajstić information content (AvgIpc) is 3.15. The lowest BCUT2D eigenvalue weighted by atomic mass is 9.76. The van der Waals surface area contributed by atoms with Crippen LogP contribution in [0.5, 0.6) is 0 Å². The highest BCUT2D eigenvalue weighted by molar-refractivity contribution is 7.89. The summed E-state index contributed by atoms with van der Waals surface area (Å²) < 4.78 is 66.3. The van der Waals surface area contributed by atoms with E-state index in [1.807, 2.05) is 18.2 Å². The molecule has 0 N–H and O–H groups in total. The zero-order chi connectivity index (χ0) is 23.4. The number of aromatic nitrogens is 1. The molecule has 1 saturated heterocycles. The van der Waals surface area contributed by atoms with E-state index in [1.54, 1.807) is 12.3 Å². The van der Waals surface area contributed by atoms with Crippen LogP contribution in [0.4, 0.5) is 13.2 Å². The quantitative estimate of drug-likeness (QED) is 0.666. The number of pyridine rings is 1. The van der Waals surface area contributed by atoms with Gasteiger partial charge in [0.25, 0.3) is 0 Å². The molecule has 3 aliphatic rings. The van der Waals surface area contributed by atoms with Crippen molar-refractivity contribution in [1.82, 2.24) is 14.2 Å². The van der Waals surface area contributed by atoms with Crippen molar-refractivity contribution < 1.29 is 26.4 Å². The topological polar surface area (TPSA) is 70.6 Å². The molecule has 1 aromatic carbocycles. The first kappa shape index (κ1) is 22.1. The number of halogens is 3. The smallest absolute Gasteiger partial charge is 0.330 e. The summed E-state index contributed by atoms with van der Waals surface area (Å²) >= 11 is 0. The number of nitrogens with zero attached hydrogens (tertiary/aromatic N) is 3. The Labute approximate surface area is 189 Å². The van der Waals surface area contributed by atoms with Crippen LogP contribution in [0, 0.1) is 0 Å². The molecule has 1 aromatic heterocycles. The normalized spacial score (nSPS) is 20.0. The monoisotopic (exact) mass is 477 g/mol. The summed E-state index contributed by atoms with van der Waals surface area (Å²) in [7, 11) is -3.74. The Hall–Kier alpha value is -2.72. The Morgan fingerprint density at radius 1 is 1.06 bits per heavy atom. The molecule has 1 spiro atoms. The zero-order valence-corrected chi connectivity index (χ0v) is 18.5. The Morgan fingerprint density at radius 2 is 1.82 bits per heavy atom. The van der Waals surface area contributed by atoms with Crippen molar-refractivity contribution in [2.75, 3.05) is 19.6 Å². The number of sulfonamides is 1. The Morgan fingerprint density at radius 3 is 2.55 bits per heavy atom. The third-order valence-electron chi connectivity index (χ3n) is 6.91. The molecule has 1 amide bonds. The fourth-order valence-corrected chi connectivity index (χ4v) is 6.55. The number of piperidine rings is 1. The number of carbonyl (C=O) groups is 1. The average molecular weight is 478 g/mol. The molecule has 0 atom stereocenters. The predicted molar refractivity (Wildman–Crippen MR) is 115 cm³/mol. The van der Waals surface area contributed by atoms with Crippen LogP contribution in [-0.2, 0) is 33.2 Å². The largest absolute Gasteiger partial charge is 0.471 e. The van der Waals surface area contributed by atoms with Crippen molar-refractivity contribution in [3.63, 3.8) is 0 Å². The molecule has 0 radical (unpaired) electrons. The van der Waals surface area contributed by atoms with Crippen LogP contribution in [0.25, 0.3) is 6.08 Å². The fraction of sp³-hybridized carbons (Fsp3) is 0.391. The van der Waals surface area contributed by atoms with Crippen molar-refractivity contribution in [3.8, 4) is 0 Å². The number of carbonyl (C=O) groups excluding carboxylic acids is 1. The third-order valence-corrected chi connectivity index (χ3v) is 8.80. The summed E-state index contributed by atoms with van der Waals surface area (Å²) in [4.78, 5) is 16.8. The molecular weight excluding hydrogens is 455 g/mol. The van der Waals surface area contributed by atoms with Crippen LogP contribution >= 0.6 is 0 Å². The fourth-order valence-electron chi connectivity index (χ4n) is 5.05. The first-order valence-electron chi connectivity index (χ1n) is 10.7. The molecule has 2 aliphatic heterocycles. The number of fused-ring (bicyclic) bond motifs is 3. The molecule has 3 heterocycles. The van der Waals surface area contributed by atoms with E-state index in [9.17, 15) is 26.4 Å². The van der Waals surface area contributed by atoms with Crippen LogP contribution in [0.15, 0.2) is 47.5 Å². The van der Waals surface area contributed by atoms with E-state index in [1.165, 1.54) is 16.4 Å². The van der Waals surface area contributed by atoms with Crippen molar-refractivity contribution in [2.24, 2.45) is 0 Å². The highest BCUT2D eigenvalue weighted by atomic mass is 32.2. The van der Waals surface area contributed by atoms with Crippen LogP contribution in [0.3, 0.4) is 0 Å². The standard InChI is InChI=1S/C23H22F3N3O3S/c24-23(25,26)21(30)28-11-6-16-14-18(4-3-17(16)15-28)33(31,32)29-12-8-22(9-13-29)7-5-20-19(22)2-1-10-27-20/h1-5,7,10,14H,6,8-9,11-13,15H2. The highest BCUT2D eigenvalue weighted by Crippen LogP contribution is 2.43. The molecule has 10 heteroatoms. The van der Waals surface area contributed by atoms with Gasteiger partial charge in [0.15, 0.2) is 0 Å². The number of amides is 1. The van der Waals surface area contributed by atoms with Gasteiger partial charge in [0.2, 0.25) is 10.0 Å². The maximum absolute atomic E-state index is 13.3. The SMILES string of the molecule is O=C(N1CCc2cc(S(=O)(=O)N3CCC4(C=Cc5ncccc54)CC3)ccc2C1)C(F)(F)F.